The first kappa shape index (κ1) is 21.0. The molecule has 0 heterocycles. The van der Waals surface area contributed by atoms with Crippen LogP contribution in [0.15, 0.2) is 28.7 Å². The van der Waals surface area contributed by atoms with Gasteiger partial charge in [-0.15, -0.1) is 0 Å². The number of amides is 3. The Labute approximate surface area is 155 Å². The molecule has 7 nitrogen and oxygen atoms in total. The Balaban J connectivity index is 2.50. The Hall–Kier alpha value is -2.09. The van der Waals surface area contributed by atoms with E-state index in [1.807, 2.05) is 0 Å². The predicted molar refractivity (Wildman–Crippen MR) is 96.2 cm³/mol. The average Bonchev–Trinajstić information content (AvgIpc) is 2.47. The fourth-order valence-electron chi connectivity index (χ4n) is 1.67. The molecular weight excluding hydrogens is 392 g/mol. The monoisotopic (exact) mass is 414 g/mol. The number of carbonyl (C=O) groups is 3. The second-order valence-corrected chi connectivity index (χ2v) is 7.40. The summed E-state index contributed by atoms with van der Waals surface area (Å²) >= 11 is 3.30. The van der Waals surface area contributed by atoms with Crippen LogP contribution in [0, 0.1) is 0 Å². The molecule has 0 unspecified atom stereocenters. The summed E-state index contributed by atoms with van der Waals surface area (Å²) < 4.78 is 11.4. The second kappa shape index (κ2) is 8.84. The zero-order valence-corrected chi connectivity index (χ0v) is 16.5. The van der Waals surface area contributed by atoms with Gasteiger partial charge >= 0.3 is 12.0 Å². The van der Waals surface area contributed by atoms with Crippen LogP contribution in [0.3, 0.4) is 0 Å². The zero-order valence-electron chi connectivity index (χ0n) is 14.9. The van der Waals surface area contributed by atoms with Crippen LogP contribution in [0.25, 0.3) is 0 Å². The lowest BCUT2D eigenvalue weighted by Crippen LogP contribution is -2.51. The van der Waals surface area contributed by atoms with Crippen molar-refractivity contribution in [2.75, 3.05) is 0 Å². The number of hydrogen-bond acceptors (Lipinski definition) is 5. The van der Waals surface area contributed by atoms with Gasteiger partial charge in [-0.25, -0.2) is 9.59 Å². The summed E-state index contributed by atoms with van der Waals surface area (Å²) in [6.45, 7) is 8.23. The number of ether oxygens (including phenoxy) is 2. The first-order valence-corrected chi connectivity index (χ1v) is 8.53. The molecule has 2 atom stereocenters. The fraction of sp³-hybridized carbons (Fsp3) is 0.471. The number of benzene rings is 1. The Kier molecular flexibility index (Phi) is 7.41. The van der Waals surface area contributed by atoms with Gasteiger partial charge in [-0.2, -0.15) is 0 Å². The molecule has 0 saturated carbocycles. The molecule has 0 spiro atoms. The van der Waals surface area contributed by atoms with Crippen LogP contribution in [-0.4, -0.2) is 35.7 Å². The smallest absolute Gasteiger partial charge is 0.347 e. The van der Waals surface area contributed by atoms with Crippen LogP contribution in [0.5, 0.6) is 5.75 Å². The number of rotatable bonds is 5. The van der Waals surface area contributed by atoms with Gasteiger partial charge in [0.05, 0.1) is 0 Å². The molecule has 8 heteroatoms. The maximum absolute atomic E-state index is 12.0. The van der Waals surface area contributed by atoms with Gasteiger partial charge in [-0.05, 0) is 58.9 Å². The molecule has 1 aromatic carbocycles. The minimum Gasteiger partial charge on any atom is -0.479 e. The highest BCUT2D eigenvalue weighted by atomic mass is 79.9. The molecule has 0 saturated heterocycles. The summed E-state index contributed by atoms with van der Waals surface area (Å²) in [6.07, 6.45) is -2.03. The van der Waals surface area contributed by atoms with Crippen molar-refractivity contribution in [1.82, 2.24) is 10.6 Å². The molecule has 1 aromatic rings. The zero-order chi connectivity index (χ0) is 19.2. The van der Waals surface area contributed by atoms with Crippen molar-refractivity contribution in [1.29, 1.82) is 0 Å². The third-order valence-electron chi connectivity index (χ3n) is 2.85. The van der Waals surface area contributed by atoms with Crippen molar-refractivity contribution >= 4 is 33.8 Å². The number of nitrogens with one attached hydrogen (secondary N) is 2. The normalized spacial score (nSPS) is 13.4. The Morgan fingerprint density at radius 1 is 1.04 bits per heavy atom. The van der Waals surface area contributed by atoms with Crippen molar-refractivity contribution in [2.24, 2.45) is 0 Å². The van der Waals surface area contributed by atoms with E-state index in [0.717, 1.165) is 4.47 Å². The lowest BCUT2D eigenvalue weighted by atomic mass is 10.1. The lowest BCUT2D eigenvalue weighted by Gasteiger charge is -2.21. The first-order valence-electron chi connectivity index (χ1n) is 7.73. The number of carbonyl (C=O) groups excluding carboxylic acids is 3. The first-order chi connectivity index (χ1) is 11.5. The van der Waals surface area contributed by atoms with E-state index in [-0.39, 0.29) is 0 Å². The fourth-order valence-corrected chi connectivity index (χ4v) is 1.94. The minimum absolute atomic E-state index is 0.489. The summed E-state index contributed by atoms with van der Waals surface area (Å²) in [7, 11) is 0. The Morgan fingerprint density at radius 2 is 1.60 bits per heavy atom. The van der Waals surface area contributed by atoms with Gasteiger partial charge < -0.3 is 14.8 Å². The van der Waals surface area contributed by atoms with E-state index in [4.69, 9.17) is 9.47 Å². The molecule has 3 amide bonds. The van der Waals surface area contributed by atoms with Gasteiger partial charge in [0, 0.05) is 10.0 Å². The van der Waals surface area contributed by atoms with Gasteiger partial charge in [0.25, 0.3) is 5.91 Å². The van der Waals surface area contributed by atoms with E-state index >= 15 is 0 Å². The van der Waals surface area contributed by atoms with Gasteiger partial charge in [0.15, 0.2) is 12.2 Å². The van der Waals surface area contributed by atoms with E-state index in [0.29, 0.717) is 5.75 Å². The molecule has 0 fully saturated rings. The molecular formula is C17H23BrN2O5. The molecule has 138 valence electrons. The average molecular weight is 415 g/mol. The van der Waals surface area contributed by atoms with Crippen LogP contribution in [0.4, 0.5) is 4.79 Å². The summed E-state index contributed by atoms with van der Waals surface area (Å²) in [5.74, 6) is -0.929. The van der Waals surface area contributed by atoms with Gasteiger partial charge in [0.1, 0.15) is 5.75 Å². The van der Waals surface area contributed by atoms with Crippen molar-refractivity contribution < 1.29 is 23.9 Å². The number of hydrogen-bond donors (Lipinski definition) is 2. The van der Waals surface area contributed by atoms with Crippen molar-refractivity contribution in [3.05, 3.63) is 28.7 Å². The molecule has 0 aliphatic heterocycles. The maximum atomic E-state index is 12.0. The largest absolute Gasteiger partial charge is 0.479 e. The van der Waals surface area contributed by atoms with Crippen molar-refractivity contribution in [3.8, 4) is 5.75 Å². The number of esters is 1. The van der Waals surface area contributed by atoms with E-state index < -0.39 is 35.7 Å². The topological polar surface area (TPSA) is 93.7 Å². The summed E-state index contributed by atoms with van der Waals surface area (Å²) in [5, 5.41) is 4.70. The van der Waals surface area contributed by atoms with Gasteiger partial charge in [0.2, 0.25) is 0 Å². The summed E-state index contributed by atoms with van der Waals surface area (Å²) in [5.41, 5.74) is -0.489. The maximum Gasteiger partial charge on any atom is 0.347 e. The van der Waals surface area contributed by atoms with E-state index in [2.05, 4.69) is 26.6 Å². The molecule has 1 rings (SSSR count). The number of halogens is 1. The standard InChI is InChI=1S/C17H23BrN2O5/c1-10(14(21)19-16(23)20-17(3,4)5)25-15(22)11(2)24-13-8-6-12(18)7-9-13/h6-11H,1-5H3,(H2,19,20,21,23)/t10-,11-/m0/s1. The van der Waals surface area contributed by atoms with Crippen LogP contribution >= 0.6 is 15.9 Å². The van der Waals surface area contributed by atoms with Crippen LogP contribution in [0.1, 0.15) is 34.6 Å². The van der Waals surface area contributed by atoms with E-state index in [1.54, 1.807) is 45.0 Å². The van der Waals surface area contributed by atoms with Gasteiger partial charge in [-0.1, -0.05) is 15.9 Å². The highest BCUT2D eigenvalue weighted by molar-refractivity contribution is 9.10. The minimum atomic E-state index is -1.13. The SMILES string of the molecule is C[C@H](OC(=O)[C@H](C)Oc1ccc(Br)cc1)C(=O)NC(=O)NC(C)(C)C. The lowest BCUT2D eigenvalue weighted by molar-refractivity contribution is -0.160. The number of imide groups is 1. The number of urea groups is 1. The van der Waals surface area contributed by atoms with E-state index in [9.17, 15) is 14.4 Å². The molecule has 0 aromatic heterocycles. The van der Waals surface area contributed by atoms with Crippen LogP contribution in [0.2, 0.25) is 0 Å². The highest BCUT2D eigenvalue weighted by Crippen LogP contribution is 2.17. The third kappa shape index (κ3) is 8.02. The van der Waals surface area contributed by atoms with E-state index in [1.165, 1.54) is 13.8 Å². The Bertz CT molecular complexity index is 625. The Morgan fingerprint density at radius 3 is 2.12 bits per heavy atom. The molecule has 0 bridgehead atoms. The van der Waals surface area contributed by atoms with Crippen molar-refractivity contribution in [2.45, 2.75) is 52.4 Å². The molecule has 25 heavy (non-hydrogen) atoms. The van der Waals surface area contributed by atoms with Crippen molar-refractivity contribution in [3.63, 3.8) is 0 Å². The molecule has 0 aliphatic carbocycles. The van der Waals surface area contributed by atoms with Crippen LogP contribution in [-0.2, 0) is 14.3 Å². The summed E-state index contributed by atoms with van der Waals surface area (Å²) in [4.78, 5) is 35.6. The van der Waals surface area contributed by atoms with Crippen LogP contribution < -0.4 is 15.4 Å². The van der Waals surface area contributed by atoms with Gasteiger partial charge in [-0.3, -0.25) is 10.1 Å². The molecule has 0 radical (unpaired) electrons. The quantitative estimate of drug-likeness (QED) is 0.722. The molecule has 2 N–H and O–H groups in total. The summed E-state index contributed by atoms with van der Waals surface area (Å²) in [6, 6.07) is 6.29. The highest BCUT2D eigenvalue weighted by Gasteiger charge is 2.25. The predicted octanol–water partition coefficient (Wildman–Crippen LogP) is 2.77. The third-order valence-corrected chi connectivity index (χ3v) is 3.37. The molecule has 0 aliphatic rings. The second-order valence-electron chi connectivity index (χ2n) is 6.49.